The van der Waals surface area contributed by atoms with Crippen molar-refractivity contribution in [3.8, 4) is 11.3 Å². The van der Waals surface area contributed by atoms with Crippen LogP contribution in [-0.2, 0) is 6.54 Å². The van der Waals surface area contributed by atoms with Gasteiger partial charge in [-0.15, -0.1) is 0 Å². The fraction of sp³-hybridized carbons (Fsp3) is 0.250. The van der Waals surface area contributed by atoms with Gasteiger partial charge in [-0.05, 0) is 24.7 Å². The van der Waals surface area contributed by atoms with Gasteiger partial charge in [0.15, 0.2) is 12.2 Å². The maximum absolute atomic E-state index is 13.6. The first-order chi connectivity index (χ1) is 8.22. The highest BCUT2D eigenvalue weighted by atomic mass is 19.1. The summed E-state index contributed by atoms with van der Waals surface area (Å²) in [4.78, 5) is 3.98. The van der Waals surface area contributed by atoms with Crippen LogP contribution in [0.1, 0.15) is 12.6 Å². The van der Waals surface area contributed by atoms with Crippen LogP contribution < -0.4 is 5.32 Å². The van der Waals surface area contributed by atoms with E-state index in [9.17, 15) is 8.78 Å². The third-order valence-electron chi connectivity index (χ3n) is 2.36. The van der Waals surface area contributed by atoms with E-state index in [2.05, 4.69) is 10.3 Å². The lowest BCUT2D eigenvalue weighted by atomic mass is 10.1. The van der Waals surface area contributed by atoms with Crippen molar-refractivity contribution in [2.24, 2.45) is 0 Å². The quantitative estimate of drug-likeness (QED) is 0.890. The van der Waals surface area contributed by atoms with Crippen molar-refractivity contribution in [2.45, 2.75) is 13.5 Å². The molecule has 17 heavy (non-hydrogen) atoms. The second-order valence-electron chi connectivity index (χ2n) is 3.53. The highest BCUT2D eigenvalue weighted by Gasteiger charge is 2.15. The second kappa shape index (κ2) is 5.05. The molecule has 0 unspecified atom stereocenters. The van der Waals surface area contributed by atoms with Crippen molar-refractivity contribution in [2.75, 3.05) is 6.54 Å². The first-order valence-electron chi connectivity index (χ1n) is 5.31. The first-order valence-corrected chi connectivity index (χ1v) is 5.31. The van der Waals surface area contributed by atoms with Crippen LogP contribution in [0, 0.1) is 11.6 Å². The average molecular weight is 238 g/mol. The highest BCUT2D eigenvalue weighted by Crippen LogP contribution is 2.26. The van der Waals surface area contributed by atoms with Gasteiger partial charge in [-0.1, -0.05) is 6.92 Å². The van der Waals surface area contributed by atoms with E-state index in [1.165, 1.54) is 6.39 Å². The normalized spacial score (nSPS) is 10.8. The maximum Gasteiger partial charge on any atom is 0.181 e. The number of oxazole rings is 1. The first kappa shape index (κ1) is 11.7. The molecule has 0 radical (unpaired) electrons. The Hall–Kier alpha value is -1.75. The number of hydrogen-bond donors (Lipinski definition) is 1. The molecule has 0 bridgehead atoms. The number of hydrogen-bond acceptors (Lipinski definition) is 3. The van der Waals surface area contributed by atoms with E-state index in [1.807, 2.05) is 6.92 Å². The number of nitrogens with zero attached hydrogens (tertiary/aromatic N) is 1. The summed E-state index contributed by atoms with van der Waals surface area (Å²) >= 11 is 0. The number of aromatic nitrogens is 1. The minimum absolute atomic E-state index is 0.0930. The molecule has 3 nitrogen and oxygen atoms in total. The molecule has 0 spiro atoms. The van der Waals surface area contributed by atoms with E-state index in [0.717, 1.165) is 24.7 Å². The Balaban J connectivity index is 2.38. The summed E-state index contributed by atoms with van der Waals surface area (Å²) in [5, 5.41) is 3.06. The van der Waals surface area contributed by atoms with Crippen molar-refractivity contribution < 1.29 is 13.2 Å². The van der Waals surface area contributed by atoms with Crippen LogP contribution >= 0.6 is 0 Å². The fourth-order valence-corrected chi connectivity index (χ4v) is 1.53. The van der Waals surface area contributed by atoms with Crippen LogP contribution in [0.15, 0.2) is 29.0 Å². The van der Waals surface area contributed by atoms with Crippen molar-refractivity contribution in [1.29, 1.82) is 0 Å². The van der Waals surface area contributed by atoms with Crippen LogP contribution in [0.5, 0.6) is 0 Å². The standard InChI is InChI=1S/C12H12F2N2O/c1-2-15-6-11-12(17-7-16-11)9-5-8(13)3-4-10(9)14/h3-5,7,15H,2,6H2,1H3. The van der Waals surface area contributed by atoms with Gasteiger partial charge in [0.2, 0.25) is 0 Å². The monoisotopic (exact) mass is 238 g/mol. The van der Waals surface area contributed by atoms with E-state index < -0.39 is 11.6 Å². The average Bonchev–Trinajstić information content (AvgIpc) is 2.77. The lowest BCUT2D eigenvalue weighted by Gasteiger charge is -2.03. The molecule has 90 valence electrons. The van der Waals surface area contributed by atoms with Crippen LogP contribution in [-0.4, -0.2) is 11.5 Å². The van der Waals surface area contributed by atoms with Gasteiger partial charge in [-0.25, -0.2) is 13.8 Å². The van der Waals surface area contributed by atoms with Crippen molar-refractivity contribution in [3.63, 3.8) is 0 Å². The molecule has 0 aliphatic heterocycles. The highest BCUT2D eigenvalue weighted by molar-refractivity contribution is 5.60. The molecule has 0 fully saturated rings. The largest absolute Gasteiger partial charge is 0.443 e. The Morgan fingerprint density at radius 1 is 1.35 bits per heavy atom. The SMILES string of the molecule is CCNCc1ncoc1-c1cc(F)ccc1F. The predicted molar refractivity (Wildman–Crippen MR) is 59.2 cm³/mol. The zero-order chi connectivity index (χ0) is 12.3. The fourth-order valence-electron chi connectivity index (χ4n) is 1.53. The molecule has 0 saturated heterocycles. The smallest absolute Gasteiger partial charge is 0.181 e. The van der Waals surface area contributed by atoms with E-state index in [-0.39, 0.29) is 11.3 Å². The minimum atomic E-state index is -0.527. The summed E-state index contributed by atoms with van der Waals surface area (Å²) in [6.45, 7) is 3.17. The summed E-state index contributed by atoms with van der Waals surface area (Å²) in [6, 6.07) is 3.24. The van der Waals surface area contributed by atoms with Gasteiger partial charge in [0.1, 0.15) is 17.3 Å². The summed E-state index contributed by atoms with van der Waals surface area (Å²) in [5.41, 5.74) is 0.659. The third-order valence-corrected chi connectivity index (χ3v) is 2.36. The third kappa shape index (κ3) is 2.50. The number of benzene rings is 1. The molecule has 0 amide bonds. The Bertz CT molecular complexity index is 511. The van der Waals surface area contributed by atoms with Crippen molar-refractivity contribution >= 4 is 0 Å². The molecule has 2 aromatic rings. The molecule has 1 aromatic carbocycles. The van der Waals surface area contributed by atoms with Gasteiger partial charge < -0.3 is 9.73 Å². The Kier molecular flexibility index (Phi) is 3.49. The van der Waals surface area contributed by atoms with Crippen LogP contribution in [0.4, 0.5) is 8.78 Å². The lowest BCUT2D eigenvalue weighted by Crippen LogP contribution is -2.12. The number of rotatable bonds is 4. The topological polar surface area (TPSA) is 38.1 Å². The van der Waals surface area contributed by atoms with Gasteiger partial charge in [0, 0.05) is 6.54 Å². The van der Waals surface area contributed by atoms with E-state index >= 15 is 0 Å². The van der Waals surface area contributed by atoms with Gasteiger partial charge in [-0.3, -0.25) is 0 Å². The van der Waals surface area contributed by atoms with Gasteiger partial charge in [-0.2, -0.15) is 0 Å². The summed E-state index contributed by atoms with van der Waals surface area (Å²) in [5.74, 6) is -0.768. The van der Waals surface area contributed by atoms with Gasteiger partial charge in [0.05, 0.1) is 5.56 Å². The molecule has 1 heterocycles. The molecule has 1 aromatic heterocycles. The molecular weight excluding hydrogens is 226 g/mol. The van der Waals surface area contributed by atoms with Gasteiger partial charge in [0.25, 0.3) is 0 Å². The summed E-state index contributed by atoms with van der Waals surface area (Å²) < 4.78 is 31.8. The van der Waals surface area contributed by atoms with E-state index in [4.69, 9.17) is 4.42 Å². The van der Waals surface area contributed by atoms with Crippen LogP contribution in [0.2, 0.25) is 0 Å². The molecule has 0 saturated carbocycles. The molecular formula is C12H12F2N2O. The maximum atomic E-state index is 13.6. The summed E-state index contributed by atoms with van der Waals surface area (Å²) in [6.07, 6.45) is 1.23. The predicted octanol–water partition coefficient (Wildman–Crippen LogP) is 2.73. The molecule has 1 N–H and O–H groups in total. The molecule has 0 aliphatic carbocycles. The molecule has 0 aliphatic rings. The Labute approximate surface area is 97.5 Å². The molecule has 2 rings (SSSR count). The molecule has 5 heteroatoms. The zero-order valence-electron chi connectivity index (χ0n) is 9.34. The lowest BCUT2D eigenvalue weighted by molar-refractivity contribution is 0.554. The molecule has 0 atom stereocenters. The Morgan fingerprint density at radius 3 is 2.94 bits per heavy atom. The Morgan fingerprint density at radius 2 is 2.18 bits per heavy atom. The second-order valence-corrected chi connectivity index (χ2v) is 3.53. The van der Waals surface area contributed by atoms with Crippen molar-refractivity contribution in [1.82, 2.24) is 10.3 Å². The van der Waals surface area contributed by atoms with Gasteiger partial charge >= 0.3 is 0 Å². The van der Waals surface area contributed by atoms with E-state index in [0.29, 0.717) is 12.2 Å². The minimum Gasteiger partial charge on any atom is -0.443 e. The number of nitrogens with one attached hydrogen (secondary N) is 1. The number of halogens is 2. The summed E-state index contributed by atoms with van der Waals surface area (Å²) in [7, 11) is 0. The van der Waals surface area contributed by atoms with Crippen molar-refractivity contribution in [3.05, 3.63) is 41.9 Å². The van der Waals surface area contributed by atoms with Crippen LogP contribution in [0.3, 0.4) is 0 Å². The zero-order valence-corrected chi connectivity index (χ0v) is 9.34. The van der Waals surface area contributed by atoms with Crippen LogP contribution in [0.25, 0.3) is 11.3 Å². The van der Waals surface area contributed by atoms with E-state index in [1.54, 1.807) is 0 Å².